The van der Waals surface area contributed by atoms with Gasteiger partial charge in [0.25, 0.3) is 0 Å². The summed E-state index contributed by atoms with van der Waals surface area (Å²) in [6, 6.07) is 12.5. The molecule has 90 valence electrons. The zero-order valence-corrected chi connectivity index (χ0v) is 11.9. The second-order valence-electron chi connectivity index (χ2n) is 3.96. The van der Waals surface area contributed by atoms with Gasteiger partial charge in [0.2, 0.25) is 0 Å². The third kappa shape index (κ3) is 4.03. The summed E-state index contributed by atoms with van der Waals surface area (Å²) in [5, 5.41) is 0.776. The van der Waals surface area contributed by atoms with Crippen LogP contribution in [0.2, 0.25) is 5.02 Å². The van der Waals surface area contributed by atoms with Crippen LogP contribution in [0.15, 0.2) is 45.5 Å². The van der Waals surface area contributed by atoms with Crippen molar-refractivity contribution in [3.63, 3.8) is 0 Å². The zero-order valence-electron chi connectivity index (χ0n) is 9.52. The number of hydrogen-bond acceptors (Lipinski definition) is 3. The minimum atomic E-state index is 0.224. The highest BCUT2D eigenvalue weighted by Gasteiger charge is 2.04. The van der Waals surface area contributed by atoms with Crippen molar-refractivity contribution >= 4 is 34.7 Å². The van der Waals surface area contributed by atoms with Gasteiger partial charge in [-0.15, -0.1) is 11.3 Å². The van der Waals surface area contributed by atoms with Gasteiger partial charge in [-0.3, -0.25) is 0 Å². The predicted octanol–water partition coefficient (Wildman–Crippen LogP) is 4.44. The fourth-order valence-electron chi connectivity index (χ4n) is 1.46. The molecule has 1 heterocycles. The standard InChI is InChI=1S/C13H14ClNS2/c1-9(15)8-12-6-7-13(17-12)16-11-4-2-10(14)3-5-11/h2-7,9H,8,15H2,1H3. The Morgan fingerprint density at radius 1 is 1.24 bits per heavy atom. The first-order valence-electron chi connectivity index (χ1n) is 5.41. The number of rotatable bonds is 4. The van der Waals surface area contributed by atoms with Gasteiger partial charge in [0.15, 0.2) is 0 Å². The minimum absolute atomic E-state index is 0.224. The van der Waals surface area contributed by atoms with Crippen molar-refractivity contribution in [1.82, 2.24) is 0 Å². The topological polar surface area (TPSA) is 26.0 Å². The first-order chi connectivity index (χ1) is 8.13. The van der Waals surface area contributed by atoms with Crippen LogP contribution in [0.25, 0.3) is 0 Å². The highest BCUT2D eigenvalue weighted by Crippen LogP contribution is 2.34. The van der Waals surface area contributed by atoms with E-state index in [1.165, 1.54) is 14.0 Å². The Bertz CT molecular complexity index is 476. The third-order valence-electron chi connectivity index (χ3n) is 2.19. The molecule has 0 saturated carbocycles. The van der Waals surface area contributed by atoms with Crippen molar-refractivity contribution < 1.29 is 0 Å². The van der Waals surface area contributed by atoms with Gasteiger partial charge in [-0.25, -0.2) is 0 Å². The molecule has 0 aliphatic heterocycles. The monoisotopic (exact) mass is 283 g/mol. The minimum Gasteiger partial charge on any atom is -0.328 e. The van der Waals surface area contributed by atoms with Gasteiger partial charge in [-0.1, -0.05) is 23.4 Å². The fourth-order valence-corrected chi connectivity index (χ4v) is 3.88. The third-order valence-corrected chi connectivity index (χ3v) is 4.69. The lowest BCUT2D eigenvalue weighted by Gasteiger charge is -2.00. The van der Waals surface area contributed by atoms with E-state index in [-0.39, 0.29) is 6.04 Å². The summed E-state index contributed by atoms with van der Waals surface area (Å²) in [6.07, 6.45) is 0.950. The van der Waals surface area contributed by atoms with E-state index in [1.54, 1.807) is 11.8 Å². The van der Waals surface area contributed by atoms with Crippen LogP contribution in [0.4, 0.5) is 0 Å². The number of halogens is 1. The Morgan fingerprint density at radius 2 is 1.94 bits per heavy atom. The number of nitrogens with two attached hydrogens (primary N) is 1. The molecule has 1 nitrogen and oxygen atoms in total. The SMILES string of the molecule is CC(N)Cc1ccc(Sc2ccc(Cl)cc2)s1. The van der Waals surface area contributed by atoms with E-state index in [0.717, 1.165) is 11.4 Å². The van der Waals surface area contributed by atoms with Crippen LogP contribution in [-0.2, 0) is 6.42 Å². The van der Waals surface area contributed by atoms with E-state index in [9.17, 15) is 0 Å². The van der Waals surface area contributed by atoms with E-state index in [0.29, 0.717) is 0 Å². The van der Waals surface area contributed by atoms with E-state index < -0.39 is 0 Å². The van der Waals surface area contributed by atoms with Crippen molar-refractivity contribution in [2.24, 2.45) is 5.73 Å². The van der Waals surface area contributed by atoms with Gasteiger partial charge in [-0.2, -0.15) is 0 Å². The van der Waals surface area contributed by atoms with Crippen molar-refractivity contribution in [2.45, 2.75) is 28.5 Å². The Hall–Kier alpha value is -0.480. The molecule has 2 rings (SSSR count). The quantitative estimate of drug-likeness (QED) is 0.897. The van der Waals surface area contributed by atoms with Crippen LogP contribution in [0.3, 0.4) is 0 Å². The molecule has 2 N–H and O–H groups in total. The van der Waals surface area contributed by atoms with Gasteiger partial charge in [0.05, 0.1) is 4.21 Å². The maximum absolute atomic E-state index is 5.86. The molecular weight excluding hydrogens is 270 g/mol. The highest BCUT2D eigenvalue weighted by molar-refractivity contribution is 8.01. The van der Waals surface area contributed by atoms with Gasteiger partial charge in [-0.05, 0) is 49.7 Å². The average molecular weight is 284 g/mol. The lowest BCUT2D eigenvalue weighted by atomic mass is 10.2. The molecule has 4 heteroatoms. The summed E-state index contributed by atoms with van der Waals surface area (Å²) in [6.45, 7) is 2.03. The Morgan fingerprint density at radius 3 is 2.59 bits per heavy atom. The van der Waals surface area contributed by atoms with Gasteiger partial charge < -0.3 is 5.73 Å². The summed E-state index contributed by atoms with van der Waals surface area (Å²) < 4.78 is 1.29. The van der Waals surface area contributed by atoms with E-state index in [1.807, 2.05) is 42.5 Å². The van der Waals surface area contributed by atoms with Crippen LogP contribution >= 0.6 is 34.7 Å². The lowest BCUT2D eigenvalue weighted by Crippen LogP contribution is -2.16. The molecule has 0 fully saturated rings. The fraction of sp³-hybridized carbons (Fsp3) is 0.231. The van der Waals surface area contributed by atoms with Gasteiger partial charge in [0.1, 0.15) is 0 Å². The Labute approximate surface area is 115 Å². The van der Waals surface area contributed by atoms with Crippen LogP contribution in [0.1, 0.15) is 11.8 Å². The molecule has 1 aromatic carbocycles. The predicted molar refractivity (Wildman–Crippen MR) is 77.2 cm³/mol. The number of hydrogen-bond donors (Lipinski definition) is 1. The Kier molecular flexibility index (Phi) is 4.51. The van der Waals surface area contributed by atoms with Crippen LogP contribution < -0.4 is 5.73 Å². The largest absolute Gasteiger partial charge is 0.328 e. The normalized spacial score (nSPS) is 12.6. The van der Waals surface area contributed by atoms with Crippen molar-refractivity contribution in [3.8, 4) is 0 Å². The van der Waals surface area contributed by atoms with E-state index in [4.69, 9.17) is 17.3 Å². The molecule has 1 aromatic heterocycles. The van der Waals surface area contributed by atoms with Crippen LogP contribution in [-0.4, -0.2) is 6.04 Å². The van der Waals surface area contributed by atoms with Crippen LogP contribution in [0.5, 0.6) is 0 Å². The molecule has 17 heavy (non-hydrogen) atoms. The van der Waals surface area contributed by atoms with Crippen LogP contribution in [0, 0.1) is 0 Å². The first-order valence-corrected chi connectivity index (χ1v) is 7.42. The average Bonchev–Trinajstić information content (AvgIpc) is 2.68. The summed E-state index contributed by atoms with van der Waals surface area (Å²) in [4.78, 5) is 2.56. The smallest absolute Gasteiger partial charge is 0.0649 e. The molecule has 0 spiro atoms. The molecule has 0 aliphatic rings. The first kappa shape index (κ1) is 13.0. The highest BCUT2D eigenvalue weighted by atomic mass is 35.5. The molecule has 0 aliphatic carbocycles. The van der Waals surface area contributed by atoms with Gasteiger partial charge >= 0.3 is 0 Å². The molecule has 0 saturated heterocycles. The van der Waals surface area contributed by atoms with E-state index >= 15 is 0 Å². The maximum atomic E-state index is 5.86. The summed E-state index contributed by atoms with van der Waals surface area (Å²) in [5.74, 6) is 0. The molecular formula is C13H14ClNS2. The lowest BCUT2D eigenvalue weighted by molar-refractivity contribution is 0.746. The maximum Gasteiger partial charge on any atom is 0.0649 e. The molecule has 1 unspecified atom stereocenters. The number of benzene rings is 1. The summed E-state index contributed by atoms with van der Waals surface area (Å²) in [7, 11) is 0. The zero-order chi connectivity index (χ0) is 12.3. The van der Waals surface area contributed by atoms with Crippen molar-refractivity contribution in [3.05, 3.63) is 46.3 Å². The Balaban J connectivity index is 2.03. The second-order valence-corrected chi connectivity index (χ2v) is 6.94. The summed E-state index contributed by atoms with van der Waals surface area (Å²) in [5.41, 5.74) is 5.79. The molecule has 0 amide bonds. The molecule has 1 atom stereocenters. The van der Waals surface area contributed by atoms with E-state index in [2.05, 4.69) is 12.1 Å². The molecule has 0 radical (unpaired) electrons. The molecule has 2 aromatic rings. The van der Waals surface area contributed by atoms with Crippen molar-refractivity contribution in [1.29, 1.82) is 0 Å². The van der Waals surface area contributed by atoms with Gasteiger partial charge in [0, 0.05) is 20.8 Å². The summed E-state index contributed by atoms with van der Waals surface area (Å²) >= 11 is 9.43. The second kappa shape index (κ2) is 5.91. The van der Waals surface area contributed by atoms with Crippen molar-refractivity contribution in [2.75, 3.05) is 0 Å². The molecule has 0 bridgehead atoms. The number of thiophene rings is 1.